The van der Waals surface area contributed by atoms with E-state index >= 15 is 0 Å². The fourth-order valence-electron chi connectivity index (χ4n) is 3.88. The molecule has 0 radical (unpaired) electrons. The first kappa shape index (κ1) is 21.8. The first-order valence-electron chi connectivity index (χ1n) is 9.96. The van der Waals surface area contributed by atoms with Gasteiger partial charge in [0.05, 0.1) is 24.4 Å². The summed E-state index contributed by atoms with van der Waals surface area (Å²) in [5.41, 5.74) is 0.827. The van der Waals surface area contributed by atoms with Gasteiger partial charge in [0, 0.05) is 38.1 Å². The van der Waals surface area contributed by atoms with Gasteiger partial charge >= 0.3 is 6.18 Å². The first-order valence-corrected chi connectivity index (χ1v) is 9.96. The van der Waals surface area contributed by atoms with Crippen LogP contribution in [0, 0.1) is 0 Å². The number of rotatable bonds is 4. The van der Waals surface area contributed by atoms with E-state index in [2.05, 4.69) is 10.1 Å². The van der Waals surface area contributed by atoms with Gasteiger partial charge in [-0.2, -0.15) is 18.3 Å². The number of amides is 1. The Labute approximate surface area is 182 Å². The predicted molar refractivity (Wildman–Crippen MR) is 114 cm³/mol. The number of halogens is 3. The molecule has 1 aromatic carbocycles. The van der Waals surface area contributed by atoms with E-state index in [1.165, 1.54) is 17.0 Å². The number of alkyl halides is 3. The third kappa shape index (κ3) is 3.70. The van der Waals surface area contributed by atoms with Gasteiger partial charge in [-0.1, -0.05) is 0 Å². The Kier molecular flexibility index (Phi) is 5.41. The summed E-state index contributed by atoms with van der Waals surface area (Å²) in [6, 6.07) is 6.80. The minimum absolute atomic E-state index is 0.202. The molecular formula is C22H22F3N5O2. The standard InChI is InChI=1S/C22H22F3N5O2/c1-13-11-29(16-4-5-18(22(23,24)25)15(8-16)12-31)21(32)20-17(10-27-30(13)20)14-6-7-26-19(9-14)28(2)3/h4-10,13,31H,11-12H2,1-3H3/t13-/m0/s1. The zero-order valence-corrected chi connectivity index (χ0v) is 17.8. The molecule has 1 N–H and O–H groups in total. The normalized spacial score (nSPS) is 16.3. The van der Waals surface area contributed by atoms with Crippen molar-refractivity contribution in [3.8, 4) is 11.1 Å². The fourth-order valence-corrected chi connectivity index (χ4v) is 3.88. The van der Waals surface area contributed by atoms with Crippen LogP contribution >= 0.6 is 0 Å². The van der Waals surface area contributed by atoms with Crippen molar-refractivity contribution in [2.75, 3.05) is 30.4 Å². The first-order chi connectivity index (χ1) is 15.1. The number of pyridine rings is 1. The van der Waals surface area contributed by atoms with Crippen LogP contribution in [0.5, 0.6) is 0 Å². The lowest BCUT2D eigenvalue weighted by molar-refractivity contribution is -0.138. The molecule has 0 aliphatic carbocycles. The molecule has 0 saturated heterocycles. The number of anilines is 2. The average Bonchev–Trinajstić information content (AvgIpc) is 3.21. The van der Waals surface area contributed by atoms with Crippen LogP contribution in [0.15, 0.2) is 42.7 Å². The summed E-state index contributed by atoms with van der Waals surface area (Å²) in [5, 5.41) is 13.9. The zero-order valence-electron chi connectivity index (χ0n) is 17.8. The van der Waals surface area contributed by atoms with E-state index in [4.69, 9.17) is 0 Å². The Balaban J connectivity index is 1.78. The van der Waals surface area contributed by atoms with Crippen molar-refractivity contribution in [3.05, 3.63) is 59.5 Å². The average molecular weight is 445 g/mol. The van der Waals surface area contributed by atoms with Crippen molar-refractivity contribution >= 4 is 17.4 Å². The molecule has 32 heavy (non-hydrogen) atoms. The van der Waals surface area contributed by atoms with Gasteiger partial charge in [0.25, 0.3) is 5.91 Å². The van der Waals surface area contributed by atoms with E-state index < -0.39 is 18.3 Å². The summed E-state index contributed by atoms with van der Waals surface area (Å²) >= 11 is 0. The van der Waals surface area contributed by atoms with E-state index in [0.717, 1.165) is 11.6 Å². The maximum atomic E-state index is 13.5. The van der Waals surface area contributed by atoms with E-state index in [-0.39, 0.29) is 24.1 Å². The summed E-state index contributed by atoms with van der Waals surface area (Å²) in [6.45, 7) is 1.34. The van der Waals surface area contributed by atoms with Crippen molar-refractivity contribution in [2.45, 2.75) is 25.7 Å². The minimum Gasteiger partial charge on any atom is -0.392 e. The van der Waals surface area contributed by atoms with Gasteiger partial charge in [0.15, 0.2) is 0 Å². The molecule has 0 saturated carbocycles. The number of aromatic nitrogens is 3. The van der Waals surface area contributed by atoms with Crippen LogP contribution in [0.4, 0.5) is 24.7 Å². The van der Waals surface area contributed by atoms with Gasteiger partial charge in [0.2, 0.25) is 0 Å². The Hall–Kier alpha value is -3.40. The van der Waals surface area contributed by atoms with E-state index in [9.17, 15) is 23.1 Å². The number of carbonyl (C=O) groups excluding carboxylic acids is 1. The Bertz CT molecular complexity index is 1170. The maximum Gasteiger partial charge on any atom is 0.416 e. The molecule has 3 heterocycles. The molecule has 0 fully saturated rings. The highest BCUT2D eigenvalue weighted by molar-refractivity contribution is 6.10. The molecule has 0 spiro atoms. The lowest BCUT2D eigenvalue weighted by Crippen LogP contribution is -2.43. The molecule has 1 aliphatic rings. The number of fused-ring (bicyclic) bond motifs is 1. The highest BCUT2D eigenvalue weighted by atomic mass is 19.4. The lowest BCUT2D eigenvalue weighted by atomic mass is 10.0. The lowest BCUT2D eigenvalue weighted by Gasteiger charge is -2.33. The molecule has 1 amide bonds. The van der Waals surface area contributed by atoms with Crippen LogP contribution in [-0.4, -0.2) is 46.4 Å². The molecule has 1 aliphatic heterocycles. The third-order valence-corrected chi connectivity index (χ3v) is 5.50. The van der Waals surface area contributed by atoms with E-state index in [0.29, 0.717) is 22.8 Å². The number of aliphatic hydroxyl groups excluding tert-OH is 1. The largest absolute Gasteiger partial charge is 0.416 e. The zero-order chi connectivity index (χ0) is 23.2. The number of hydrogen-bond donors (Lipinski definition) is 1. The number of benzene rings is 1. The fraction of sp³-hybridized carbons (Fsp3) is 0.318. The van der Waals surface area contributed by atoms with Crippen LogP contribution in [-0.2, 0) is 12.8 Å². The minimum atomic E-state index is -4.59. The van der Waals surface area contributed by atoms with Crippen molar-refractivity contribution in [1.82, 2.24) is 14.8 Å². The van der Waals surface area contributed by atoms with Gasteiger partial charge in [0.1, 0.15) is 11.5 Å². The summed E-state index contributed by atoms with van der Waals surface area (Å²) in [5.74, 6) is 0.341. The molecular weight excluding hydrogens is 423 g/mol. The van der Waals surface area contributed by atoms with Crippen molar-refractivity contribution in [3.63, 3.8) is 0 Å². The smallest absolute Gasteiger partial charge is 0.392 e. The number of carbonyl (C=O) groups is 1. The van der Waals surface area contributed by atoms with Gasteiger partial charge in [-0.05, 0) is 48.4 Å². The molecule has 4 rings (SSSR count). The maximum absolute atomic E-state index is 13.5. The van der Waals surface area contributed by atoms with Crippen molar-refractivity contribution in [1.29, 1.82) is 0 Å². The molecule has 0 unspecified atom stereocenters. The molecule has 0 bridgehead atoms. The summed E-state index contributed by atoms with van der Waals surface area (Å²) in [4.78, 5) is 21.0. The quantitative estimate of drug-likeness (QED) is 0.662. The monoisotopic (exact) mass is 445 g/mol. The highest BCUT2D eigenvalue weighted by Crippen LogP contribution is 2.37. The number of aliphatic hydroxyl groups is 1. The van der Waals surface area contributed by atoms with Crippen molar-refractivity contribution in [2.24, 2.45) is 0 Å². The summed E-state index contributed by atoms with van der Waals surface area (Å²) in [6.07, 6.45) is -1.33. The van der Waals surface area contributed by atoms with Crippen LogP contribution in [0.3, 0.4) is 0 Å². The second-order valence-corrected chi connectivity index (χ2v) is 7.91. The molecule has 3 aromatic rings. The summed E-state index contributed by atoms with van der Waals surface area (Å²) in [7, 11) is 3.72. The molecule has 1 atom stereocenters. The van der Waals surface area contributed by atoms with Crippen LogP contribution in [0.1, 0.15) is 34.6 Å². The topological polar surface area (TPSA) is 74.5 Å². The second-order valence-electron chi connectivity index (χ2n) is 7.91. The third-order valence-electron chi connectivity index (χ3n) is 5.50. The van der Waals surface area contributed by atoms with Crippen LogP contribution in [0.2, 0.25) is 0 Å². The number of hydrogen-bond acceptors (Lipinski definition) is 5. The number of nitrogens with zero attached hydrogens (tertiary/aromatic N) is 5. The molecule has 10 heteroatoms. The molecule has 2 aromatic heterocycles. The molecule has 7 nitrogen and oxygen atoms in total. The Morgan fingerprint density at radius 2 is 1.97 bits per heavy atom. The highest BCUT2D eigenvalue weighted by Gasteiger charge is 2.36. The van der Waals surface area contributed by atoms with Crippen molar-refractivity contribution < 1.29 is 23.1 Å². The van der Waals surface area contributed by atoms with E-state index in [1.807, 2.05) is 32.0 Å². The second kappa shape index (κ2) is 7.94. The summed E-state index contributed by atoms with van der Waals surface area (Å²) < 4.78 is 41.3. The van der Waals surface area contributed by atoms with E-state index in [1.54, 1.807) is 23.1 Å². The predicted octanol–water partition coefficient (Wildman–Crippen LogP) is 3.74. The van der Waals surface area contributed by atoms with Crippen LogP contribution in [0.25, 0.3) is 11.1 Å². The van der Waals surface area contributed by atoms with Gasteiger partial charge in [-0.3, -0.25) is 9.48 Å². The van der Waals surface area contributed by atoms with Gasteiger partial charge < -0.3 is 14.9 Å². The van der Waals surface area contributed by atoms with Gasteiger partial charge in [-0.15, -0.1) is 0 Å². The van der Waals surface area contributed by atoms with Gasteiger partial charge in [-0.25, -0.2) is 4.98 Å². The van der Waals surface area contributed by atoms with Crippen LogP contribution < -0.4 is 9.80 Å². The Morgan fingerprint density at radius 1 is 1.22 bits per heavy atom. The Morgan fingerprint density at radius 3 is 2.62 bits per heavy atom. The SMILES string of the molecule is C[C@H]1CN(c2ccc(C(F)(F)F)c(CO)c2)C(=O)c2c(-c3ccnc(N(C)C)c3)cnn21. The molecule has 168 valence electrons.